The third-order valence-corrected chi connectivity index (χ3v) is 2.11. The SMILES string of the molecule is COC(=O)CNC(=O)Nc1ccc(O)c(C(=O)O)c1. The van der Waals surface area contributed by atoms with Crippen molar-refractivity contribution in [2.75, 3.05) is 19.0 Å². The van der Waals surface area contributed by atoms with Crippen LogP contribution in [0.2, 0.25) is 0 Å². The minimum Gasteiger partial charge on any atom is -0.507 e. The maximum Gasteiger partial charge on any atom is 0.339 e. The molecule has 4 N–H and O–H groups in total. The second-order valence-electron chi connectivity index (χ2n) is 3.42. The van der Waals surface area contributed by atoms with Crippen molar-refractivity contribution in [3.8, 4) is 5.75 Å². The van der Waals surface area contributed by atoms with Gasteiger partial charge < -0.3 is 25.6 Å². The summed E-state index contributed by atoms with van der Waals surface area (Å²) in [6.07, 6.45) is 0. The van der Waals surface area contributed by atoms with Crippen molar-refractivity contribution in [1.82, 2.24) is 5.32 Å². The van der Waals surface area contributed by atoms with E-state index in [9.17, 15) is 19.5 Å². The highest BCUT2D eigenvalue weighted by Crippen LogP contribution is 2.21. The molecule has 2 amide bonds. The van der Waals surface area contributed by atoms with Crippen LogP contribution in [-0.2, 0) is 9.53 Å². The van der Waals surface area contributed by atoms with Crippen LogP contribution in [0.5, 0.6) is 5.75 Å². The first-order valence-corrected chi connectivity index (χ1v) is 5.12. The smallest absolute Gasteiger partial charge is 0.339 e. The van der Waals surface area contributed by atoms with Gasteiger partial charge in [-0.2, -0.15) is 0 Å². The van der Waals surface area contributed by atoms with E-state index in [-0.39, 0.29) is 17.8 Å². The summed E-state index contributed by atoms with van der Waals surface area (Å²) in [6, 6.07) is 2.85. The zero-order valence-corrected chi connectivity index (χ0v) is 9.97. The van der Waals surface area contributed by atoms with Crippen molar-refractivity contribution in [2.24, 2.45) is 0 Å². The number of benzene rings is 1. The summed E-state index contributed by atoms with van der Waals surface area (Å²) < 4.78 is 4.32. The molecule has 0 spiro atoms. The minimum atomic E-state index is -1.32. The molecule has 8 heteroatoms. The molecular formula is C11H12N2O6. The van der Waals surface area contributed by atoms with E-state index in [0.29, 0.717) is 0 Å². The number of carboxylic acid groups (broad SMARTS) is 1. The van der Waals surface area contributed by atoms with E-state index in [4.69, 9.17) is 5.11 Å². The number of amides is 2. The number of ether oxygens (including phenoxy) is 1. The van der Waals surface area contributed by atoms with E-state index in [1.165, 1.54) is 13.2 Å². The molecule has 0 fully saturated rings. The van der Waals surface area contributed by atoms with Crippen LogP contribution in [0, 0.1) is 0 Å². The Kier molecular flexibility index (Phi) is 4.69. The molecule has 0 aliphatic carbocycles. The Labute approximate surface area is 108 Å². The maximum atomic E-state index is 11.4. The standard InChI is InChI=1S/C11H12N2O6/c1-19-9(15)5-12-11(18)13-6-2-3-8(14)7(4-6)10(16)17/h2-4,14H,5H2,1H3,(H,16,17)(H2,12,13,18). The number of esters is 1. The first-order valence-electron chi connectivity index (χ1n) is 5.12. The molecule has 0 atom stereocenters. The number of phenols is 1. The van der Waals surface area contributed by atoms with Crippen LogP contribution in [0.1, 0.15) is 10.4 Å². The Bertz CT molecular complexity index is 514. The Morgan fingerprint density at radius 1 is 1.32 bits per heavy atom. The molecule has 19 heavy (non-hydrogen) atoms. The molecule has 8 nitrogen and oxygen atoms in total. The molecule has 0 bridgehead atoms. The average Bonchev–Trinajstić information content (AvgIpc) is 2.37. The fourth-order valence-corrected chi connectivity index (χ4v) is 1.19. The minimum absolute atomic E-state index is 0.164. The largest absolute Gasteiger partial charge is 0.507 e. The quantitative estimate of drug-likeness (QED) is 0.462. The lowest BCUT2D eigenvalue weighted by Gasteiger charge is -2.08. The number of aromatic carboxylic acids is 1. The van der Waals surface area contributed by atoms with Crippen molar-refractivity contribution in [3.05, 3.63) is 23.8 Å². The molecule has 0 heterocycles. The molecule has 0 aliphatic rings. The number of rotatable bonds is 4. The van der Waals surface area contributed by atoms with Crippen molar-refractivity contribution in [1.29, 1.82) is 0 Å². The lowest BCUT2D eigenvalue weighted by molar-refractivity contribution is -0.139. The third-order valence-electron chi connectivity index (χ3n) is 2.11. The van der Waals surface area contributed by atoms with Crippen molar-refractivity contribution >= 4 is 23.7 Å². The normalized spacial score (nSPS) is 9.53. The molecule has 0 unspecified atom stereocenters. The van der Waals surface area contributed by atoms with Gasteiger partial charge in [0.2, 0.25) is 0 Å². The molecule has 1 aromatic carbocycles. The first kappa shape index (κ1) is 14.3. The van der Waals surface area contributed by atoms with Crippen LogP contribution >= 0.6 is 0 Å². The fourth-order valence-electron chi connectivity index (χ4n) is 1.19. The summed E-state index contributed by atoms with van der Waals surface area (Å²) in [4.78, 5) is 32.9. The number of carbonyl (C=O) groups is 3. The highest BCUT2D eigenvalue weighted by molar-refractivity contribution is 5.95. The third kappa shape index (κ3) is 4.19. The zero-order chi connectivity index (χ0) is 14.4. The van der Waals surface area contributed by atoms with Gasteiger partial charge in [0.1, 0.15) is 17.9 Å². The summed E-state index contributed by atoms with van der Waals surface area (Å²) >= 11 is 0. The highest BCUT2D eigenvalue weighted by atomic mass is 16.5. The number of nitrogens with one attached hydrogen (secondary N) is 2. The Morgan fingerprint density at radius 3 is 2.58 bits per heavy atom. The number of aromatic hydroxyl groups is 1. The van der Waals surface area contributed by atoms with Crippen LogP contribution in [0.15, 0.2) is 18.2 Å². The molecule has 0 saturated heterocycles. The van der Waals surface area contributed by atoms with Gasteiger partial charge in [0, 0.05) is 5.69 Å². The topological polar surface area (TPSA) is 125 Å². The van der Waals surface area contributed by atoms with Crippen LogP contribution in [0.25, 0.3) is 0 Å². The van der Waals surface area contributed by atoms with Gasteiger partial charge in [0.25, 0.3) is 0 Å². The first-order chi connectivity index (χ1) is 8.93. The van der Waals surface area contributed by atoms with Crippen LogP contribution < -0.4 is 10.6 Å². The molecule has 1 rings (SSSR count). The monoisotopic (exact) mass is 268 g/mol. The molecule has 1 aromatic rings. The molecule has 0 saturated carbocycles. The van der Waals surface area contributed by atoms with Gasteiger partial charge in [-0.3, -0.25) is 4.79 Å². The average molecular weight is 268 g/mol. The predicted octanol–water partition coefficient (Wildman–Crippen LogP) is 0.385. The van der Waals surface area contributed by atoms with Gasteiger partial charge in [0.05, 0.1) is 7.11 Å². The second-order valence-corrected chi connectivity index (χ2v) is 3.42. The van der Waals surface area contributed by atoms with Crippen LogP contribution in [0.4, 0.5) is 10.5 Å². The molecule has 0 aliphatic heterocycles. The Morgan fingerprint density at radius 2 is 2.00 bits per heavy atom. The van der Waals surface area contributed by atoms with E-state index >= 15 is 0 Å². The molecule has 0 radical (unpaired) electrons. The van der Waals surface area contributed by atoms with E-state index in [1.807, 2.05) is 0 Å². The van der Waals surface area contributed by atoms with Crippen molar-refractivity contribution in [2.45, 2.75) is 0 Å². The zero-order valence-electron chi connectivity index (χ0n) is 9.97. The summed E-state index contributed by atoms with van der Waals surface area (Å²) in [5.74, 6) is -2.35. The van der Waals surface area contributed by atoms with Crippen LogP contribution in [0.3, 0.4) is 0 Å². The number of urea groups is 1. The van der Waals surface area contributed by atoms with Gasteiger partial charge in [0.15, 0.2) is 0 Å². The molecule has 102 valence electrons. The number of methoxy groups -OCH3 is 1. The summed E-state index contributed by atoms with van der Waals surface area (Å²) in [5, 5.41) is 22.6. The number of hydrogen-bond donors (Lipinski definition) is 4. The van der Waals surface area contributed by atoms with Gasteiger partial charge in [-0.05, 0) is 18.2 Å². The van der Waals surface area contributed by atoms with Gasteiger partial charge in [-0.15, -0.1) is 0 Å². The molecular weight excluding hydrogens is 256 g/mol. The fraction of sp³-hybridized carbons (Fsp3) is 0.182. The lowest BCUT2D eigenvalue weighted by atomic mass is 10.2. The Balaban J connectivity index is 2.67. The Hall–Kier alpha value is -2.77. The van der Waals surface area contributed by atoms with E-state index < -0.39 is 23.7 Å². The van der Waals surface area contributed by atoms with Crippen molar-refractivity contribution < 1.29 is 29.3 Å². The van der Waals surface area contributed by atoms with Crippen LogP contribution in [-0.4, -0.2) is 41.8 Å². The van der Waals surface area contributed by atoms with E-state index in [2.05, 4.69) is 15.4 Å². The maximum absolute atomic E-state index is 11.4. The molecule has 0 aromatic heterocycles. The number of carbonyl (C=O) groups excluding carboxylic acids is 2. The number of hydrogen-bond acceptors (Lipinski definition) is 5. The van der Waals surface area contributed by atoms with Gasteiger partial charge in [-0.1, -0.05) is 0 Å². The van der Waals surface area contributed by atoms with E-state index in [1.54, 1.807) is 0 Å². The number of anilines is 1. The second kappa shape index (κ2) is 6.24. The lowest BCUT2D eigenvalue weighted by Crippen LogP contribution is -2.33. The van der Waals surface area contributed by atoms with E-state index in [0.717, 1.165) is 12.1 Å². The van der Waals surface area contributed by atoms with Gasteiger partial charge >= 0.3 is 18.0 Å². The summed E-state index contributed by atoms with van der Waals surface area (Å²) in [5.41, 5.74) is -0.177. The predicted molar refractivity (Wildman–Crippen MR) is 64.1 cm³/mol. The summed E-state index contributed by atoms with van der Waals surface area (Å²) in [6.45, 7) is -0.313. The number of carboxylic acids is 1. The summed E-state index contributed by atoms with van der Waals surface area (Å²) in [7, 11) is 1.18. The highest BCUT2D eigenvalue weighted by Gasteiger charge is 2.11. The van der Waals surface area contributed by atoms with Crippen molar-refractivity contribution in [3.63, 3.8) is 0 Å². The van der Waals surface area contributed by atoms with Gasteiger partial charge in [-0.25, -0.2) is 9.59 Å².